The van der Waals surface area contributed by atoms with E-state index >= 15 is 0 Å². The largest absolute Gasteiger partial charge is 0.394 e. The minimum atomic E-state index is -1.80. The summed E-state index contributed by atoms with van der Waals surface area (Å²) in [5, 5.41) is 87.2. The Labute approximate surface area is 495 Å². The maximum atomic E-state index is 13.3. The van der Waals surface area contributed by atoms with E-state index in [4.69, 9.17) is 18.9 Å². The zero-order valence-electron chi connectivity index (χ0n) is 50.7. The summed E-state index contributed by atoms with van der Waals surface area (Å²) in [4.78, 5) is 13.3. The molecule has 0 aromatic rings. The predicted octanol–water partition coefficient (Wildman–Crippen LogP) is 12.0. The van der Waals surface area contributed by atoms with Gasteiger partial charge in [-0.2, -0.15) is 0 Å². The summed E-state index contributed by atoms with van der Waals surface area (Å²) in [6.07, 6.45) is 57.1. The van der Waals surface area contributed by atoms with Crippen molar-refractivity contribution >= 4 is 5.91 Å². The van der Waals surface area contributed by atoms with Crippen molar-refractivity contribution in [3.63, 3.8) is 0 Å². The molecule has 14 heteroatoms. The van der Waals surface area contributed by atoms with E-state index in [0.29, 0.717) is 12.8 Å². The highest BCUT2D eigenvalue weighted by Crippen LogP contribution is 2.30. The summed E-state index contributed by atoms with van der Waals surface area (Å²) >= 11 is 0. The van der Waals surface area contributed by atoms with Gasteiger partial charge in [-0.1, -0.05) is 226 Å². The van der Waals surface area contributed by atoms with E-state index in [-0.39, 0.29) is 18.9 Å². The van der Waals surface area contributed by atoms with Gasteiger partial charge in [0.05, 0.1) is 32.0 Å². The van der Waals surface area contributed by atoms with Gasteiger partial charge in [-0.25, -0.2) is 0 Å². The van der Waals surface area contributed by atoms with Crippen LogP contribution in [0.5, 0.6) is 0 Å². The maximum Gasteiger partial charge on any atom is 0.220 e. The van der Waals surface area contributed by atoms with Crippen LogP contribution in [0.3, 0.4) is 0 Å². The van der Waals surface area contributed by atoms with Crippen LogP contribution in [-0.4, -0.2) is 140 Å². The molecule has 0 spiro atoms. The Balaban J connectivity index is 1.78. The second-order valence-corrected chi connectivity index (χ2v) is 22.1. The molecule has 9 N–H and O–H groups in total. The molecule has 0 aliphatic carbocycles. The van der Waals surface area contributed by atoms with Gasteiger partial charge in [-0.3, -0.25) is 4.79 Å². The number of nitrogens with one attached hydrogen (secondary N) is 1. The quantitative estimate of drug-likeness (QED) is 0.0204. The van der Waals surface area contributed by atoms with E-state index in [1.54, 1.807) is 6.08 Å². The highest BCUT2D eigenvalue weighted by molar-refractivity contribution is 5.76. The molecule has 0 saturated carbocycles. The first-order chi connectivity index (χ1) is 40.1. The Kier molecular flexibility index (Phi) is 47.4. The van der Waals surface area contributed by atoms with Gasteiger partial charge >= 0.3 is 0 Å². The van der Waals surface area contributed by atoms with Crippen LogP contribution in [0, 0.1) is 0 Å². The number of aliphatic hydroxyl groups excluding tert-OH is 8. The lowest BCUT2D eigenvalue weighted by atomic mass is 9.97. The van der Waals surface area contributed by atoms with Gasteiger partial charge < -0.3 is 65.1 Å². The van der Waals surface area contributed by atoms with Gasteiger partial charge in [0.25, 0.3) is 0 Å². The maximum absolute atomic E-state index is 13.3. The van der Waals surface area contributed by atoms with E-state index in [1.807, 2.05) is 6.08 Å². The van der Waals surface area contributed by atoms with Gasteiger partial charge in [0.15, 0.2) is 12.6 Å². The van der Waals surface area contributed by atoms with Crippen molar-refractivity contribution in [2.45, 2.75) is 293 Å². The number of aliphatic hydroxyl groups is 8. The molecule has 470 valence electrons. The molecule has 2 rings (SSSR count). The molecule has 1 amide bonds. The van der Waals surface area contributed by atoms with Crippen LogP contribution < -0.4 is 5.32 Å². The number of hydrogen-bond acceptors (Lipinski definition) is 13. The number of amides is 1. The highest BCUT2D eigenvalue weighted by Gasteiger charge is 2.51. The van der Waals surface area contributed by atoms with E-state index in [0.717, 1.165) is 77.0 Å². The Morgan fingerprint density at radius 3 is 1.34 bits per heavy atom. The van der Waals surface area contributed by atoms with E-state index in [9.17, 15) is 45.6 Å². The predicted molar refractivity (Wildman–Crippen MR) is 332 cm³/mol. The van der Waals surface area contributed by atoms with Crippen LogP contribution in [-0.2, 0) is 23.7 Å². The third-order valence-electron chi connectivity index (χ3n) is 14.9. The van der Waals surface area contributed by atoms with Crippen molar-refractivity contribution in [2.24, 2.45) is 0 Å². The highest BCUT2D eigenvalue weighted by atomic mass is 16.7. The standard InChI is InChI=1S/C68H115NO13/c1-3-5-7-9-11-13-15-17-19-21-23-25-26-27-28-29-30-32-33-35-37-39-41-43-45-47-49-51-57(72)56(55-79-67-65(78)63(76)66(59(54-71)81-67)82-68-64(77)62(75)61(74)58(53-70)80-68)69-60(73)52-50-48-46-44-42-40-38-36-34-31-24-22-20-18-16-14-12-10-8-6-4-2/h6,8,12,14,18,20,24,31,33,35-36,38,41-44,49,51,56-59,61-68,70-72,74-78H,3-5,7,9-11,13,15-17,19,21-23,25-30,32,34,37,39-40,45-48,50,52-55H2,1-2H3,(H,69,73)/b8-6-,14-12-,20-18-,31-24-,35-33+,38-36-,43-41+,44-42-,51-49+. The second kappa shape index (κ2) is 52.0. The number of unbranched alkanes of at least 4 members (excludes halogenated alkanes) is 21. The van der Waals surface area contributed by atoms with Gasteiger partial charge in [0.1, 0.15) is 48.8 Å². The number of carbonyl (C=O) groups excluding carboxylic acids is 1. The second-order valence-electron chi connectivity index (χ2n) is 22.1. The molecule has 0 radical (unpaired) electrons. The van der Waals surface area contributed by atoms with Crippen LogP contribution in [0.4, 0.5) is 0 Å². The lowest BCUT2D eigenvalue weighted by Crippen LogP contribution is -2.65. The van der Waals surface area contributed by atoms with Crippen molar-refractivity contribution in [1.82, 2.24) is 5.32 Å². The SMILES string of the molecule is CC/C=C\C/C=C\C/C=C\C/C=C\C/C=C\C/C=C\CCCCC(=O)NC(COC1OC(CO)C(OC2OC(CO)C(O)C(O)C2O)C(O)C1O)C(O)/C=C/CC/C=C/CC/C=C/CCCCCCCCCCCCCCCCCCC. The summed E-state index contributed by atoms with van der Waals surface area (Å²) in [7, 11) is 0. The number of carbonyl (C=O) groups is 1. The van der Waals surface area contributed by atoms with E-state index in [2.05, 4.69) is 116 Å². The summed E-state index contributed by atoms with van der Waals surface area (Å²) in [5.41, 5.74) is 0. The van der Waals surface area contributed by atoms with Crippen LogP contribution in [0.2, 0.25) is 0 Å². The first-order valence-electron chi connectivity index (χ1n) is 32.1. The third-order valence-corrected chi connectivity index (χ3v) is 14.9. The van der Waals surface area contributed by atoms with Crippen molar-refractivity contribution in [2.75, 3.05) is 19.8 Å². The third kappa shape index (κ3) is 36.5. The fraction of sp³-hybridized carbons (Fsp3) is 0.721. The van der Waals surface area contributed by atoms with Crippen molar-refractivity contribution < 1.29 is 64.6 Å². The first-order valence-corrected chi connectivity index (χ1v) is 32.1. The smallest absolute Gasteiger partial charge is 0.220 e. The monoisotopic (exact) mass is 1150 g/mol. The zero-order valence-corrected chi connectivity index (χ0v) is 50.7. The van der Waals surface area contributed by atoms with E-state index < -0.39 is 86.8 Å². The van der Waals surface area contributed by atoms with Crippen LogP contribution >= 0.6 is 0 Å². The fourth-order valence-electron chi connectivity index (χ4n) is 9.80. The molecule has 0 aromatic carbocycles. The molecule has 0 aromatic heterocycles. The van der Waals surface area contributed by atoms with Crippen LogP contribution in [0.25, 0.3) is 0 Å². The molecule has 2 aliphatic rings. The van der Waals surface area contributed by atoms with E-state index in [1.165, 1.54) is 109 Å². The van der Waals surface area contributed by atoms with Crippen molar-refractivity contribution in [3.05, 3.63) is 109 Å². The first kappa shape index (κ1) is 74.7. The Morgan fingerprint density at radius 2 is 0.854 bits per heavy atom. The van der Waals surface area contributed by atoms with Gasteiger partial charge in [-0.05, 0) is 96.3 Å². The Bertz CT molecular complexity index is 1790. The molecule has 12 unspecified atom stereocenters. The Morgan fingerprint density at radius 1 is 0.451 bits per heavy atom. The summed E-state index contributed by atoms with van der Waals surface area (Å²) in [6.45, 7) is 2.63. The average Bonchev–Trinajstić information content (AvgIpc) is 3.66. The van der Waals surface area contributed by atoms with Gasteiger partial charge in [0.2, 0.25) is 5.91 Å². The molecule has 2 saturated heterocycles. The minimum Gasteiger partial charge on any atom is -0.394 e. The van der Waals surface area contributed by atoms with Crippen molar-refractivity contribution in [3.8, 4) is 0 Å². The molecule has 2 fully saturated rings. The molecule has 82 heavy (non-hydrogen) atoms. The van der Waals surface area contributed by atoms with Gasteiger partial charge in [0, 0.05) is 6.42 Å². The summed E-state index contributed by atoms with van der Waals surface area (Å²) < 4.78 is 22.8. The summed E-state index contributed by atoms with van der Waals surface area (Å²) in [5.74, 6) is -0.299. The topological polar surface area (TPSA) is 228 Å². The van der Waals surface area contributed by atoms with Crippen LogP contribution in [0.15, 0.2) is 109 Å². The van der Waals surface area contributed by atoms with Crippen molar-refractivity contribution in [1.29, 1.82) is 0 Å². The zero-order chi connectivity index (χ0) is 59.5. The Hall–Kier alpha value is -3.35. The lowest BCUT2D eigenvalue weighted by molar-refractivity contribution is -0.359. The minimum absolute atomic E-state index is 0.208. The number of ether oxygens (including phenoxy) is 4. The fourth-order valence-corrected chi connectivity index (χ4v) is 9.80. The molecule has 2 heterocycles. The summed E-state index contributed by atoms with van der Waals surface area (Å²) in [6, 6.07) is -0.970. The molecule has 0 bridgehead atoms. The normalized spacial score (nSPS) is 24.7. The average molecular weight is 1150 g/mol. The lowest BCUT2D eigenvalue weighted by Gasteiger charge is -2.46. The number of rotatable bonds is 50. The van der Waals surface area contributed by atoms with Gasteiger partial charge in [-0.15, -0.1) is 0 Å². The molecule has 12 atom stereocenters. The van der Waals surface area contributed by atoms with Crippen LogP contribution in [0.1, 0.15) is 219 Å². The molecule has 14 nitrogen and oxygen atoms in total. The number of hydrogen-bond donors (Lipinski definition) is 9. The molecular formula is C68H115NO13. The number of allylic oxidation sites excluding steroid dienone is 17. The molecule has 2 aliphatic heterocycles. The molecular weight excluding hydrogens is 1040 g/mol.